The maximum atomic E-state index is 12.2. The van der Waals surface area contributed by atoms with Crippen LogP contribution < -0.4 is 14.9 Å². The number of aromatic nitrogens is 1. The molecule has 158 valence electrons. The van der Waals surface area contributed by atoms with Crippen molar-refractivity contribution in [2.75, 3.05) is 7.11 Å². The molecule has 0 atom stereocenters. The van der Waals surface area contributed by atoms with Crippen molar-refractivity contribution in [2.45, 2.75) is 13.0 Å². The van der Waals surface area contributed by atoms with Crippen LogP contribution in [0.1, 0.15) is 27.0 Å². The van der Waals surface area contributed by atoms with E-state index in [0.717, 1.165) is 16.7 Å². The van der Waals surface area contributed by atoms with Gasteiger partial charge in [-0.05, 0) is 41.8 Å². The first-order valence-corrected chi connectivity index (χ1v) is 9.92. The fraction of sp³-hybridized carbons (Fsp3) is 0.125. The minimum Gasteiger partial charge on any atom is -0.493 e. The van der Waals surface area contributed by atoms with Crippen molar-refractivity contribution in [3.8, 4) is 11.5 Å². The smallest absolute Gasteiger partial charge is 0.274 e. The van der Waals surface area contributed by atoms with Crippen molar-refractivity contribution < 1.29 is 14.3 Å². The van der Waals surface area contributed by atoms with Gasteiger partial charge in [0.1, 0.15) is 11.8 Å². The number of amides is 1. The van der Waals surface area contributed by atoms with E-state index in [2.05, 4.69) is 22.1 Å². The summed E-state index contributed by atoms with van der Waals surface area (Å²) in [7, 11) is 1.58. The highest BCUT2D eigenvalue weighted by molar-refractivity contribution is 6.32. The van der Waals surface area contributed by atoms with E-state index >= 15 is 0 Å². The Hall–Kier alpha value is -3.64. The molecular formula is C24H22ClN3O3. The second-order valence-electron chi connectivity index (χ2n) is 6.52. The fourth-order valence-corrected chi connectivity index (χ4v) is 3.10. The summed E-state index contributed by atoms with van der Waals surface area (Å²) in [5, 5.41) is 4.14. The SMILES string of the molecule is C=CCc1cc(C=NNC(=O)c2cccnc2Cl)cc(OC)c1OCc1ccccc1. The zero-order chi connectivity index (χ0) is 22.1. The van der Waals surface area contributed by atoms with Gasteiger partial charge in [-0.3, -0.25) is 4.79 Å². The standard InChI is InChI=1S/C24H22ClN3O3/c1-3-8-19-13-18(15-27-28-24(29)20-11-7-12-26-23(20)25)14-21(30-2)22(19)31-16-17-9-5-4-6-10-17/h3-7,9-15H,1,8,16H2,2H3,(H,28,29). The monoisotopic (exact) mass is 435 g/mol. The van der Waals surface area contributed by atoms with Gasteiger partial charge in [0.05, 0.1) is 18.9 Å². The Labute approximate surface area is 186 Å². The lowest BCUT2D eigenvalue weighted by Crippen LogP contribution is -2.18. The maximum Gasteiger partial charge on any atom is 0.274 e. The van der Waals surface area contributed by atoms with Crippen LogP contribution in [0, 0.1) is 0 Å². The number of hydrogen-bond acceptors (Lipinski definition) is 5. The molecule has 0 radical (unpaired) electrons. The van der Waals surface area contributed by atoms with E-state index in [0.29, 0.717) is 24.5 Å². The third kappa shape index (κ3) is 5.93. The molecule has 0 aliphatic carbocycles. The number of carbonyl (C=O) groups excluding carboxylic acids is 1. The van der Waals surface area contributed by atoms with Gasteiger partial charge in [0.15, 0.2) is 11.5 Å². The van der Waals surface area contributed by atoms with Crippen LogP contribution in [0.25, 0.3) is 0 Å². The van der Waals surface area contributed by atoms with Crippen LogP contribution in [0.3, 0.4) is 0 Å². The van der Waals surface area contributed by atoms with Gasteiger partial charge in [0, 0.05) is 11.8 Å². The normalized spacial score (nSPS) is 10.6. The lowest BCUT2D eigenvalue weighted by molar-refractivity contribution is 0.0955. The van der Waals surface area contributed by atoms with Gasteiger partial charge in [-0.2, -0.15) is 5.10 Å². The Morgan fingerprint density at radius 1 is 1.23 bits per heavy atom. The summed E-state index contributed by atoms with van der Waals surface area (Å²) in [6.07, 6.45) is 5.41. The number of methoxy groups -OCH3 is 1. The summed E-state index contributed by atoms with van der Waals surface area (Å²) in [5.41, 5.74) is 5.38. The Morgan fingerprint density at radius 3 is 2.74 bits per heavy atom. The van der Waals surface area contributed by atoms with E-state index in [9.17, 15) is 4.79 Å². The Morgan fingerprint density at radius 2 is 2.03 bits per heavy atom. The first kappa shape index (κ1) is 22.1. The molecule has 1 N–H and O–H groups in total. The summed E-state index contributed by atoms with van der Waals surface area (Å²) in [6, 6.07) is 16.8. The molecule has 0 aliphatic heterocycles. The fourth-order valence-electron chi connectivity index (χ4n) is 2.89. The molecule has 2 aromatic carbocycles. The molecule has 6 nitrogen and oxygen atoms in total. The van der Waals surface area contributed by atoms with E-state index in [-0.39, 0.29) is 10.7 Å². The predicted octanol–water partition coefficient (Wildman–Crippen LogP) is 4.82. The van der Waals surface area contributed by atoms with Gasteiger partial charge in [-0.15, -0.1) is 6.58 Å². The number of pyridine rings is 1. The van der Waals surface area contributed by atoms with Crippen LogP contribution in [0.15, 0.2) is 78.6 Å². The number of rotatable bonds is 9. The number of hydrogen-bond donors (Lipinski definition) is 1. The third-order valence-electron chi connectivity index (χ3n) is 4.35. The topological polar surface area (TPSA) is 72.8 Å². The Bertz CT molecular complexity index is 1080. The zero-order valence-corrected chi connectivity index (χ0v) is 17.8. The maximum absolute atomic E-state index is 12.2. The lowest BCUT2D eigenvalue weighted by atomic mass is 10.1. The summed E-state index contributed by atoms with van der Waals surface area (Å²) >= 11 is 5.94. The summed E-state index contributed by atoms with van der Waals surface area (Å²) < 4.78 is 11.6. The number of halogens is 1. The highest BCUT2D eigenvalue weighted by Crippen LogP contribution is 2.34. The minimum absolute atomic E-state index is 0.116. The van der Waals surface area contributed by atoms with Crippen LogP contribution in [0.5, 0.6) is 11.5 Å². The first-order chi connectivity index (χ1) is 15.1. The average Bonchev–Trinajstić information content (AvgIpc) is 2.79. The van der Waals surface area contributed by atoms with Crippen molar-refractivity contribution in [3.63, 3.8) is 0 Å². The predicted molar refractivity (Wildman–Crippen MR) is 122 cm³/mol. The van der Waals surface area contributed by atoms with E-state index in [4.69, 9.17) is 21.1 Å². The number of ether oxygens (including phenoxy) is 2. The first-order valence-electron chi connectivity index (χ1n) is 9.54. The highest BCUT2D eigenvalue weighted by atomic mass is 35.5. The number of carbonyl (C=O) groups is 1. The molecule has 1 amide bonds. The summed E-state index contributed by atoms with van der Waals surface area (Å²) in [4.78, 5) is 16.1. The quantitative estimate of drug-likeness (QED) is 0.226. The van der Waals surface area contributed by atoms with Crippen LogP contribution in [-0.4, -0.2) is 24.2 Å². The largest absolute Gasteiger partial charge is 0.493 e. The van der Waals surface area contributed by atoms with Gasteiger partial charge in [0.25, 0.3) is 5.91 Å². The third-order valence-corrected chi connectivity index (χ3v) is 4.65. The van der Waals surface area contributed by atoms with E-state index in [1.54, 1.807) is 31.4 Å². The second-order valence-corrected chi connectivity index (χ2v) is 6.88. The minimum atomic E-state index is -0.449. The Balaban J connectivity index is 1.78. The number of nitrogens with zero attached hydrogens (tertiary/aromatic N) is 2. The molecule has 0 unspecified atom stereocenters. The molecule has 0 saturated heterocycles. The van der Waals surface area contributed by atoms with E-state index in [1.807, 2.05) is 36.4 Å². The highest BCUT2D eigenvalue weighted by Gasteiger charge is 2.13. The Kier molecular flexibility index (Phi) is 7.79. The molecule has 1 aromatic heterocycles. The van der Waals surface area contributed by atoms with Crippen LogP contribution >= 0.6 is 11.6 Å². The van der Waals surface area contributed by atoms with Gasteiger partial charge in [-0.25, -0.2) is 10.4 Å². The molecule has 0 fully saturated rings. The van der Waals surface area contributed by atoms with Crippen molar-refractivity contribution in [2.24, 2.45) is 5.10 Å². The van der Waals surface area contributed by atoms with Crippen molar-refractivity contribution in [1.82, 2.24) is 10.4 Å². The summed E-state index contributed by atoms with van der Waals surface area (Å²) in [6.45, 7) is 4.24. The summed E-state index contributed by atoms with van der Waals surface area (Å²) in [5.74, 6) is 0.767. The molecular weight excluding hydrogens is 414 g/mol. The molecule has 3 rings (SSSR count). The molecule has 31 heavy (non-hydrogen) atoms. The van der Waals surface area contributed by atoms with E-state index < -0.39 is 5.91 Å². The molecule has 0 spiro atoms. The molecule has 0 saturated carbocycles. The number of hydrazone groups is 1. The molecule has 1 heterocycles. The second kappa shape index (κ2) is 10.9. The van der Waals surface area contributed by atoms with Crippen molar-refractivity contribution >= 4 is 23.7 Å². The average molecular weight is 436 g/mol. The number of allylic oxidation sites excluding steroid dienone is 1. The molecule has 3 aromatic rings. The van der Waals surface area contributed by atoms with Crippen LogP contribution in [-0.2, 0) is 13.0 Å². The zero-order valence-electron chi connectivity index (χ0n) is 17.0. The van der Waals surface area contributed by atoms with Gasteiger partial charge >= 0.3 is 0 Å². The lowest BCUT2D eigenvalue weighted by Gasteiger charge is -2.16. The van der Waals surface area contributed by atoms with Gasteiger partial charge in [0.2, 0.25) is 0 Å². The number of benzene rings is 2. The van der Waals surface area contributed by atoms with Crippen LogP contribution in [0.4, 0.5) is 0 Å². The molecule has 0 bridgehead atoms. The van der Waals surface area contributed by atoms with Crippen molar-refractivity contribution in [3.05, 3.63) is 101 Å². The van der Waals surface area contributed by atoms with E-state index in [1.165, 1.54) is 12.4 Å². The van der Waals surface area contributed by atoms with Gasteiger partial charge < -0.3 is 9.47 Å². The van der Waals surface area contributed by atoms with Crippen molar-refractivity contribution in [1.29, 1.82) is 0 Å². The molecule has 0 aliphatic rings. The number of nitrogens with one attached hydrogen (secondary N) is 1. The van der Waals surface area contributed by atoms with Crippen LogP contribution in [0.2, 0.25) is 5.15 Å². The van der Waals surface area contributed by atoms with Gasteiger partial charge in [-0.1, -0.05) is 48.0 Å². The molecule has 7 heteroatoms.